The molecule has 1 nitrogen and oxygen atoms in total. The first-order valence-corrected chi connectivity index (χ1v) is 6.99. The summed E-state index contributed by atoms with van der Waals surface area (Å²) >= 11 is 18.5. The van der Waals surface area contributed by atoms with E-state index in [1.54, 1.807) is 12.1 Å². The average molecular weight is 326 g/mol. The van der Waals surface area contributed by atoms with Crippen LogP contribution in [0.1, 0.15) is 17.2 Å². The van der Waals surface area contributed by atoms with Crippen molar-refractivity contribution in [2.75, 3.05) is 0 Å². The fraction of sp³-hybridized carbons (Fsp3) is 0.167. The van der Waals surface area contributed by atoms with Crippen LogP contribution < -0.4 is 0 Å². The van der Waals surface area contributed by atoms with E-state index in [4.69, 9.17) is 34.8 Å². The summed E-state index contributed by atoms with van der Waals surface area (Å²) in [6.45, 7) is 0. The molecule has 1 heterocycles. The zero-order valence-corrected chi connectivity index (χ0v) is 12.0. The quantitative estimate of drug-likeness (QED) is 0.830. The minimum absolute atomic E-state index is 0.0600. The third kappa shape index (κ3) is 3.16. The molecular formula is C12H8Cl3FOS. The molecule has 6 heteroatoms. The molecule has 2 aromatic rings. The topological polar surface area (TPSA) is 20.2 Å². The van der Waals surface area contributed by atoms with Crippen molar-refractivity contribution < 1.29 is 9.50 Å². The van der Waals surface area contributed by atoms with Crippen LogP contribution in [0.2, 0.25) is 13.7 Å². The van der Waals surface area contributed by atoms with Crippen LogP contribution in [0.25, 0.3) is 0 Å². The number of hydrogen-bond donors (Lipinski definition) is 1. The van der Waals surface area contributed by atoms with Gasteiger partial charge in [0.2, 0.25) is 0 Å². The monoisotopic (exact) mass is 324 g/mol. The molecule has 0 aliphatic heterocycles. The number of hydrogen-bond acceptors (Lipinski definition) is 2. The van der Waals surface area contributed by atoms with Gasteiger partial charge in [0.15, 0.2) is 0 Å². The zero-order valence-electron chi connectivity index (χ0n) is 8.96. The van der Waals surface area contributed by atoms with E-state index in [9.17, 15) is 9.50 Å². The molecule has 18 heavy (non-hydrogen) atoms. The Morgan fingerprint density at radius 3 is 2.50 bits per heavy atom. The minimum Gasteiger partial charge on any atom is -0.388 e. The highest BCUT2D eigenvalue weighted by molar-refractivity contribution is 7.20. The fourth-order valence-electron chi connectivity index (χ4n) is 1.58. The summed E-state index contributed by atoms with van der Waals surface area (Å²) in [6, 6.07) is 6.04. The highest BCUT2D eigenvalue weighted by atomic mass is 35.5. The van der Waals surface area contributed by atoms with Gasteiger partial charge < -0.3 is 5.11 Å². The molecule has 2 rings (SSSR count). The Bertz CT molecular complexity index is 570. The Morgan fingerprint density at radius 1 is 1.22 bits per heavy atom. The molecule has 96 valence electrons. The number of aliphatic hydroxyl groups is 1. The maximum atomic E-state index is 13.3. The van der Waals surface area contributed by atoms with Gasteiger partial charge in [-0.05, 0) is 23.8 Å². The lowest BCUT2D eigenvalue weighted by Crippen LogP contribution is -2.01. The second kappa shape index (κ2) is 5.76. The summed E-state index contributed by atoms with van der Waals surface area (Å²) in [7, 11) is 0. The van der Waals surface area contributed by atoms with E-state index in [0.717, 1.165) is 0 Å². The third-order valence-electron chi connectivity index (χ3n) is 2.46. The van der Waals surface area contributed by atoms with E-state index in [-0.39, 0.29) is 11.4 Å². The van der Waals surface area contributed by atoms with E-state index in [1.165, 1.54) is 23.5 Å². The van der Waals surface area contributed by atoms with Crippen molar-refractivity contribution in [2.45, 2.75) is 12.5 Å². The summed E-state index contributed by atoms with van der Waals surface area (Å²) in [5, 5.41) is 10.1. The smallest absolute Gasteiger partial charge is 0.142 e. The lowest BCUT2D eigenvalue weighted by molar-refractivity contribution is 0.179. The second-order valence-electron chi connectivity index (χ2n) is 3.75. The average Bonchev–Trinajstić information content (AvgIpc) is 2.63. The first-order chi connectivity index (χ1) is 8.47. The molecule has 0 bridgehead atoms. The minimum atomic E-state index is -0.818. The number of aliphatic hydroxyl groups excluding tert-OH is 1. The molecule has 1 unspecified atom stereocenters. The van der Waals surface area contributed by atoms with E-state index in [2.05, 4.69) is 0 Å². The van der Waals surface area contributed by atoms with Crippen molar-refractivity contribution in [1.29, 1.82) is 0 Å². The van der Waals surface area contributed by atoms with E-state index in [0.29, 0.717) is 19.8 Å². The van der Waals surface area contributed by atoms with Crippen LogP contribution in [0.5, 0.6) is 0 Å². The summed E-state index contributed by atoms with van der Waals surface area (Å²) in [4.78, 5) is 0. The van der Waals surface area contributed by atoms with Gasteiger partial charge in [-0.1, -0.05) is 40.9 Å². The van der Waals surface area contributed by atoms with Gasteiger partial charge in [-0.15, -0.1) is 11.3 Å². The lowest BCUT2D eigenvalue weighted by Gasteiger charge is -2.10. The van der Waals surface area contributed by atoms with Gasteiger partial charge in [-0.2, -0.15) is 0 Å². The van der Waals surface area contributed by atoms with Gasteiger partial charge in [0, 0.05) is 12.0 Å². The van der Waals surface area contributed by atoms with Crippen LogP contribution in [0.15, 0.2) is 24.3 Å². The number of benzene rings is 1. The highest BCUT2D eigenvalue weighted by Gasteiger charge is 2.16. The van der Waals surface area contributed by atoms with Crippen LogP contribution in [0.3, 0.4) is 0 Å². The van der Waals surface area contributed by atoms with Gasteiger partial charge in [-0.3, -0.25) is 0 Å². The number of thiophene rings is 1. The fourth-order valence-corrected chi connectivity index (χ4v) is 3.26. The molecule has 0 radical (unpaired) electrons. The van der Waals surface area contributed by atoms with Crippen LogP contribution in [-0.2, 0) is 6.42 Å². The predicted octanol–water partition coefficient (Wildman–Crippen LogP) is 5.12. The number of rotatable bonds is 3. The van der Waals surface area contributed by atoms with Gasteiger partial charge in [0.1, 0.15) is 10.2 Å². The summed E-state index contributed by atoms with van der Waals surface area (Å²) < 4.78 is 14.2. The predicted molar refractivity (Wildman–Crippen MR) is 74.4 cm³/mol. The van der Waals surface area contributed by atoms with Crippen LogP contribution in [0, 0.1) is 5.82 Å². The molecule has 0 fully saturated rings. The standard InChI is InChI=1S/C12H8Cl3FOS/c13-8-2-1-6(3-9(8)16)4-10(17)7-5-11(14)18-12(7)15/h1-3,5,10,17H,4H2. The molecule has 0 aliphatic rings. The Labute approximate surface area is 123 Å². The summed E-state index contributed by atoms with van der Waals surface area (Å²) in [5.74, 6) is -0.504. The normalized spacial score (nSPS) is 12.7. The van der Waals surface area contributed by atoms with Crippen LogP contribution >= 0.6 is 46.1 Å². The van der Waals surface area contributed by atoms with Crippen LogP contribution in [-0.4, -0.2) is 5.11 Å². The molecule has 0 aliphatic carbocycles. The Morgan fingerprint density at radius 2 is 1.94 bits per heavy atom. The molecule has 0 spiro atoms. The largest absolute Gasteiger partial charge is 0.388 e. The maximum absolute atomic E-state index is 13.3. The second-order valence-corrected chi connectivity index (χ2v) is 6.44. The van der Waals surface area contributed by atoms with E-state index in [1.807, 2.05) is 0 Å². The first kappa shape index (κ1) is 14.1. The molecular weight excluding hydrogens is 318 g/mol. The van der Waals surface area contributed by atoms with Crippen molar-refractivity contribution in [2.24, 2.45) is 0 Å². The van der Waals surface area contributed by atoms with Crippen molar-refractivity contribution >= 4 is 46.1 Å². The molecule has 0 saturated heterocycles. The highest BCUT2D eigenvalue weighted by Crippen LogP contribution is 2.36. The van der Waals surface area contributed by atoms with Gasteiger partial charge in [-0.25, -0.2) is 4.39 Å². The van der Waals surface area contributed by atoms with Gasteiger partial charge >= 0.3 is 0 Å². The van der Waals surface area contributed by atoms with E-state index >= 15 is 0 Å². The Hall–Kier alpha value is -0.320. The Balaban J connectivity index is 2.18. The first-order valence-electron chi connectivity index (χ1n) is 5.04. The molecule has 1 aromatic heterocycles. The molecule has 1 atom stereocenters. The van der Waals surface area contributed by atoms with Crippen molar-refractivity contribution in [3.63, 3.8) is 0 Å². The summed E-state index contributed by atoms with van der Waals surface area (Å²) in [5.41, 5.74) is 1.20. The van der Waals surface area contributed by atoms with Crippen molar-refractivity contribution in [1.82, 2.24) is 0 Å². The molecule has 1 N–H and O–H groups in total. The molecule has 0 saturated carbocycles. The van der Waals surface area contributed by atoms with Crippen molar-refractivity contribution in [3.8, 4) is 0 Å². The summed E-state index contributed by atoms with van der Waals surface area (Å²) in [6.07, 6.45) is -0.567. The molecule has 1 aromatic carbocycles. The van der Waals surface area contributed by atoms with Gasteiger partial charge in [0.05, 0.1) is 15.5 Å². The zero-order chi connectivity index (χ0) is 13.3. The van der Waals surface area contributed by atoms with Gasteiger partial charge in [0.25, 0.3) is 0 Å². The maximum Gasteiger partial charge on any atom is 0.142 e. The lowest BCUT2D eigenvalue weighted by atomic mass is 10.0. The third-order valence-corrected chi connectivity index (χ3v) is 4.28. The number of halogens is 4. The Kier molecular flexibility index (Phi) is 4.51. The SMILES string of the molecule is OC(Cc1ccc(Cl)c(F)c1)c1cc(Cl)sc1Cl. The van der Waals surface area contributed by atoms with Crippen molar-refractivity contribution in [3.05, 3.63) is 54.9 Å². The van der Waals surface area contributed by atoms with Crippen LogP contribution in [0.4, 0.5) is 4.39 Å². The van der Waals surface area contributed by atoms with E-state index < -0.39 is 11.9 Å². The molecule has 0 amide bonds.